The second-order valence-electron chi connectivity index (χ2n) is 5.39. The number of ether oxygens (including phenoxy) is 1. The number of nitrogens with zero attached hydrogens (tertiary/aromatic N) is 1. The Bertz CT molecular complexity index is 830. The number of rotatable bonds is 6. The maximum Gasteiger partial charge on any atom is 0.293 e. The molecule has 0 spiro atoms. The molecule has 0 aliphatic carbocycles. The van der Waals surface area contributed by atoms with E-state index in [0.29, 0.717) is 41.0 Å². The molecule has 0 atom stereocenters. The van der Waals surface area contributed by atoms with Gasteiger partial charge in [0.2, 0.25) is 0 Å². The molecular formula is C18H16ClNO4S. The fraction of sp³-hybridized carbons (Fsp3) is 0.222. The molecule has 0 N–H and O–H groups in total. The van der Waals surface area contributed by atoms with Gasteiger partial charge in [-0.05, 0) is 42.4 Å². The molecule has 1 saturated heterocycles. The average Bonchev–Trinajstić information content (AvgIpc) is 3.15. The molecule has 7 heteroatoms. The molecule has 3 rings (SSSR count). The van der Waals surface area contributed by atoms with Crippen molar-refractivity contribution in [3.63, 3.8) is 0 Å². The first-order chi connectivity index (χ1) is 12.1. The van der Waals surface area contributed by atoms with Gasteiger partial charge in [0.25, 0.3) is 11.1 Å². The number of furan rings is 1. The minimum Gasteiger partial charge on any atom is -0.457 e. The Balaban J connectivity index is 1.75. The number of carbonyl (C=O) groups is 2. The molecule has 1 aliphatic heterocycles. The minimum atomic E-state index is -0.299. The van der Waals surface area contributed by atoms with Gasteiger partial charge in [-0.2, -0.15) is 0 Å². The van der Waals surface area contributed by atoms with E-state index in [2.05, 4.69) is 0 Å². The first-order valence-electron chi connectivity index (χ1n) is 7.68. The molecule has 25 heavy (non-hydrogen) atoms. The second kappa shape index (κ2) is 7.91. The molecule has 2 aromatic rings. The Morgan fingerprint density at radius 2 is 2.12 bits per heavy atom. The van der Waals surface area contributed by atoms with E-state index in [1.807, 2.05) is 12.1 Å². The third kappa shape index (κ3) is 4.15. The summed E-state index contributed by atoms with van der Waals surface area (Å²) in [5.41, 5.74) is 0.847. The molecule has 2 heterocycles. The molecular weight excluding hydrogens is 362 g/mol. The number of halogens is 1. The van der Waals surface area contributed by atoms with Gasteiger partial charge in [-0.1, -0.05) is 23.7 Å². The highest BCUT2D eigenvalue weighted by Gasteiger charge is 2.34. The van der Waals surface area contributed by atoms with Crippen molar-refractivity contribution < 1.29 is 18.7 Å². The number of hydrogen-bond acceptors (Lipinski definition) is 5. The highest BCUT2D eigenvalue weighted by atomic mass is 35.5. The highest BCUT2D eigenvalue weighted by molar-refractivity contribution is 8.18. The lowest BCUT2D eigenvalue weighted by molar-refractivity contribution is -0.122. The summed E-state index contributed by atoms with van der Waals surface area (Å²) in [4.78, 5) is 25.9. The Labute approximate surface area is 154 Å². The van der Waals surface area contributed by atoms with E-state index < -0.39 is 0 Å². The second-order valence-corrected chi connectivity index (χ2v) is 6.82. The monoisotopic (exact) mass is 377 g/mol. The van der Waals surface area contributed by atoms with Crippen LogP contribution in [-0.2, 0) is 9.53 Å². The Kier molecular flexibility index (Phi) is 5.63. The van der Waals surface area contributed by atoms with E-state index in [0.717, 1.165) is 17.3 Å². The zero-order chi connectivity index (χ0) is 17.8. The smallest absolute Gasteiger partial charge is 0.293 e. The maximum absolute atomic E-state index is 12.4. The van der Waals surface area contributed by atoms with Crippen LogP contribution in [0, 0.1) is 0 Å². The summed E-state index contributed by atoms with van der Waals surface area (Å²) >= 11 is 6.91. The van der Waals surface area contributed by atoms with Crippen LogP contribution >= 0.6 is 23.4 Å². The van der Waals surface area contributed by atoms with Crippen LogP contribution in [0.15, 0.2) is 45.7 Å². The molecule has 0 saturated carbocycles. The number of amides is 2. The van der Waals surface area contributed by atoms with E-state index in [1.165, 1.54) is 4.90 Å². The lowest BCUT2D eigenvalue weighted by Crippen LogP contribution is -2.29. The predicted octanol–water partition coefficient (Wildman–Crippen LogP) is 4.67. The number of carbonyl (C=O) groups excluding carboxylic acids is 2. The molecule has 5 nitrogen and oxygen atoms in total. The van der Waals surface area contributed by atoms with Gasteiger partial charge in [0.05, 0.1) is 4.91 Å². The van der Waals surface area contributed by atoms with Crippen molar-refractivity contribution in [1.29, 1.82) is 0 Å². The van der Waals surface area contributed by atoms with Crippen LogP contribution in [0.25, 0.3) is 17.4 Å². The molecule has 0 radical (unpaired) electrons. The first-order valence-corrected chi connectivity index (χ1v) is 8.88. The first kappa shape index (κ1) is 17.8. The third-order valence-electron chi connectivity index (χ3n) is 3.61. The van der Waals surface area contributed by atoms with Gasteiger partial charge in [0, 0.05) is 36.9 Å². The van der Waals surface area contributed by atoms with Gasteiger partial charge >= 0.3 is 0 Å². The molecule has 0 unspecified atom stereocenters. The van der Waals surface area contributed by atoms with Gasteiger partial charge in [-0.3, -0.25) is 14.5 Å². The van der Waals surface area contributed by atoms with Gasteiger partial charge in [0.1, 0.15) is 11.5 Å². The molecule has 130 valence electrons. The van der Waals surface area contributed by atoms with Crippen LogP contribution in [-0.4, -0.2) is 36.3 Å². The van der Waals surface area contributed by atoms with Gasteiger partial charge in [0.15, 0.2) is 0 Å². The van der Waals surface area contributed by atoms with E-state index in [9.17, 15) is 9.59 Å². The minimum absolute atomic E-state index is 0.269. The quantitative estimate of drug-likeness (QED) is 0.540. The van der Waals surface area contributed by atoms with E-state index in [1.54, 1.807) is 37.5 Å². The molecule has 1 aliphatic rings. The standard InChI is InChI=1S/C18H16ClNO4S/c1-23-9-3-8-20-17(21)16(25-18(20)22)11-14-6-7-15(24-14)12-4-2-5-13(19)10-12/h2,4-7,10-11H,3,8-9H2,1H3/b16-11+. The highest BCUT2D eigenvalue weighted by Crippen LogP contribution is 2.33. The lowest BCUT2D eigenvalue weighted by Gasteiger charge is -2.11. The molecule has 0 bridgehead atoms. The Morgan fingerprint density at radius 1 is 1.28 bits per heavy atom. The summed E-state index contributed by atoms with van der Waals surface area (Å²) in [5, 5.41) is 0.349. The zero-order valence-corrected chi connectivity index (χ0v) is 15.1. The van der Waals surface area contributed by atoms with Crippen molar-refractivity contribution in [3.8, 4) is 11.3 Å². The Morgan fingerprint density at radius 3 is 2.88 bits per heavy atom. The number of imide groups is 1. The average molecular weight is 378 g/mol. The number of hydrogen-bond donors (Lipinski definition) is 0. The summed E-state index contributed by atoms with van der Waals surface area (Å²) in [7, 11) is 1.59. The van der Waals surface area contributed by atoms with Crippen LogP contribution in [0.3, 0.4) is 0 Å². The van der Waals surface area contributed by atoms with Gasteiger partial charge < -0.3 is 9.15 Å². The molecule has 1 aromatic heterocycles. The van der Waals surface area contributed by atoms with E-state index in [-0.39, 0.29) is 11.1 Å². The fourth-order valence-electron chi connectivity index (χ4n) is 2.42. The van der Waals surface area contributed by atoms with Gasteiger partial charge in [-0.25, -0.2) is 0 Å². The van der Waals surface area contributed by atoms with Crippen LogP contribution in [0.5, 0.6) is 0 Å². The van der Waals surface area contributed by atoms with Crippen molar-refractivity contribution in [3.05, 3.63) is 52.1 Å². The van der Waals surface area contributed by atoms with Crippen LogP contribution in [0.4, 0.5) is 4.79 Å². The summed E-state index contributed by atoms with van der Waals surface area (Å²) < 4.78 is 10.7. The van der Waals surface area contributed by atoms with Crippen LogP contribution in [0.1, 0.15) is 12.2 Å². The summed E-state index contributed by atoms with van der Waals surface area (Å²) in [6, 6.07) is 10.9. The number of benzene rings is 1. The number of thioether (sulfide) groups is 1. The SMILES string of the molecule is COCCCN1C(=O)S/C(=C/c2ccc(-c3cccc(Cl)c3)o2)C1=O. The molecule has 1 aromatic carbocycles. The topological polar surface area (TPSA) is 59.8 Å². The fourth-order valence-corrected chi connectivity index (χ4v) is 3.45. The van der Waals surface area contributed by atoms with Gasteiger partial charge in [-0.15, -0.1) is 0 Å². The molecule has 1 fully saturated rings. The number of methoxy groups -OCH3 is 1. The maximum atomic E-state index is 12.4. The van der Waals surface area contributed by atoms with E-state index >= 15 is 0 Å². The van der Waals surface area contributed by atoms with Crippen molar-refractivity contribution >= 4 is 40.6 Å². The Hall–Kier alpha value is -2.02. The predicted molar refractivity (Wildman–Crippen MR) is 98.3 cm³/mol. The third-order valence-corrected chi connectivity index (χ3v) is 4.76. The van der Waals surface area contributed by atoms with Crippen molar-refractivity contribution in [2.45, 2.75) is 6.42 Å². The van der Waals surface area contributed by atoms with Crippen LogP contribution in [0.2, 0.25) is 5.02 Å². The molecule has 2 amide bonds. The van der Waals surface area contributed by atoms with Crippen LogP contribution < -0.4 is 0 Å². The van der Waals surface area contributed by atoms with E-state index in [4.69, 9.17) is 20.8 Å². The lowest BCUT2D eigenvalue weighted by atomic mass is 10.2. The zero-order valence-electron chi connectivity index (χ0n) is 13.5. The largest absolute Gasteiger partial charge is 0.457 e. The summed E-state index contributed by atoms with van der Waals surface area (Å²) in [6.07, 6.45) is 2.21. The summed E-state index contributed by atoms with van der Waals surface area (Å²) in [5.74, 6) is 0.859. The normalized spacial score (nSPS) is 16.2. The van der Waals surface area contributed by atoms with Crippen molar-refractivity contribution in [1.82, 2.24) is 4.90 Å². The summed E-state index contributed by atoms with van der Waals surface area (Å²) in [6.45, 7) is 0.851. The van der Waals surface area contributed by atoms with Crippen molar-refractivity contribution in [2.24, 2.45) is 0 Å². The van der Waals surface area contributed by atoms with Crippen molar-refractivity contribution in [2.75, 3.05) is 20.3 Å².